The molecule has 0 unspecified atom stereocenters. The van der Waals surface area contributed by atoms with Crippen molar-refractivity contribution >= 4 is 57.2 Å². The fourth-order valence-corrected chi connectivity index (χ4v) is 3.37. The van der Waals surface area contributed by atoms with Crippen molar-refractivity contribution < 1.29 is 18.3 Å². The summed E-state index contributed by atoms with van der Waals surface area (Å²) in [7, 11) is 0. The maximum absolute atomic E-state index is 12.4. The summed E-state index contributed by atoms with van der Waals surface area (Å²) in [5, 5.41) is 13.7. The van der Waals surface area contributed by atoms with Gasteiger partial charge in [0, 0.05) is 15.3 Å². The van der Waals surface area contributed by atoms with Crippen LogP contribution in [0.4, 0.5) is 19.0 Å². The van der Waals surface area contributed by atoms with Gasteiger partial charge in [0.15, 0.2) is 0 Å². The zero-order valence-corrected chi connectivity index (χ0v) is 15.0. The van der Waals surface area contributed by atoms with E-state index in [1.54, 1.807) is 12.1 Å². The van der Waals surface area contributed by atoms with Gasteiger partial charge in [0.2, 0.25) is 0 Å². The summed E-state index contributed by atoms with van der Waals surface area (Å²) in [4.78, 5) is 3.62. The van der Waals surface area contributed by atoms with Crippen LogP contribution in [0.25, 0.3) is 0 Å². The Kier molecular flexibility index (Phi) is 5.47. The molecule has 0 saturated heterocycles. The maximum Gasteiger partial charge on any atom is 0.417 e. The molecular formula is C13H8F3I2N3O. The Labute approximate surface area is 151 Å². The quantitative estimate of drug-likeness (QED) is 0.349. The van der Waals surface area contributed by atoms with Crippen LogP contribution < -0.4 is 5.43 Å². The second-order valence-corrected chi connectivity index (χ2v) is 6.53. The molecule has 0 aliphatic rings. The molecule has 0 spiro atoms. The van der Waals surface area contributed by atoms with Crippen LogP contribution in [-0.4, -0.2) is 16.3 Å². The van der Waals surface area contributed by atoms with Gasteiger partial charge in [-0.05, 0) is 69.4 Å². The topological polar surface area (TPSA) is 57.5 Å². The number of halogens is 5. The van der Waals surface area contributed by atoms with E-state index >= 15 is 0 Å². The summed E-state index contributed by atoms with van der Waals surface area (Å²) < 4.78 is 38.8. The number of hydrazone groups is 1. The third-order valence-electron chi connectivity index (χ3n) is 2.53. The van der Waals surface area contributed by atoms with Crippen LogP contribution in [-0.2, 0) is 6.18 Å². The largest absolute Gasteiger partial charge is 0.506 e. The maximum atomic E-state index is 12.4. The van der Waals surface area contributed by atoms with Crippen LogP contribution in [0.2, 0.25) is 0 Å². The second kappa shape index (κ2) is 6.98. The third kappa shape index (κ3) is 4.44. The van der Waals surface area contributed by atoms with Gasteiger partial charge in [-0.2, -0.15) is 18.3 Å². The van der Waals surface area contributed by atoms with Crippen LogP contribution in [0.15, 0.2) is 35.6 Å². The molecule has 0 bridgehead atoms. The van der Waals surface area contributed by atoms with Crippen LogP contribution in [0.1, 0.15) is 11.1 Å². The van der Waals surface area contributed by atoms with E-state index in [0.29, 0.717) is 9.13 Å². The number of hydrogen-bond acceptors (Lipinski definition) is 4. The first-order valence-corrected chi connectivity index (χ1v) is 7.93. The van der Waals surface area contributed by atoms with E-state index in [0.717, 1.165) is 15.8 Å². The minimum Gasteiger partial charge on any atom is -0.506 e. The summed E-state index contributed by atoms with van der Waals surface area (Å²) in [6.07, 6.45) is -2.32. The number of aromatic nitrogens is 1. The molecule has 2 N–H and O–H groups in total. The molecule has 0 amide bonds. The highest BCUT2D eigenvalue weighted by atomic mass is 127. The molecule has 0 saturated carbocycles. The van der Waals surface area contributed by atoms with Gasteiger partial charge in [-0.3, -0.25) is 5.43 Å². The lowest BCUT2D eigenvalue weighted by Gasteiger charge is -2.06. The third-order valence-corrected chi connectivity index (χ3v) is 3.98. The zero-order valence-electron chi connectivity index (χ0n) is 10.7. The van der Waals surface area contributed by atoms with Crippen molar-refractivity contribution in [3.8, 4) is 5.75 Å². The van der Waals surface area contributed by atoms with E-state index in [1.165, 1.54) is 12.3 Å². The number of nitrogens with one attached hydrogen (secondary N) is 1. The summed E-state index contributed by atoms with van der Waals surface area (Å²) in [5.41, 5.74) is 2.18. The van der Waals surface area contributed by atoms with E-state index in [9.17, 15) is 18.3 Å². The first-order valence-electron chi connectivity index (χ1n) is 5.77. The van der Waals surface area contributed by atoms with Gasteiger partial charge >= 0.3 is 6.18 Å². The molecule has 1 aromatic heterocycles. The first-order chi connectivity index (χ1) is 10.3. The van der Waals surface area contributed by atoms with Crippen molar-refractivity contribution in [1.29, 1.82) is 0 Å². The number of pyridine rings is 1. The smallest absolute Gasteiger partial charge is 0.417 e. The molecule has 0 fully saturated rings. The van der Waals surface area contributed by atoms with E-state index in [1.807, 2.05) is 22.6 Å². The molecule has 9 heteroatoms. The van der Waals surface area contributed by atoms with E-state index in [-0.39, 0.29) is 11.6 Å². The standard InChI is InChI=1S/C13H8F3I2N3O/c14-13(15,16)8-1-2-11(19-6-8)21-20-5-7-3-9(17)4-10(18)12(7)22/h1-6,22H,(H,19,21)/b20-5-. The van der Waals surface area contributed by atoms with E-state index < -0.39 is 11.7 Å². The number of anilines is 1. The number of rotatable bonds is 3. The Morgan fingerprint density at radius 1 is 1.23 bits per heavy atom. The Hall–Kier alpha value is -1.11. The van der Waals surface area contributed by atoms with Gasteiger partial charge in [-0.15, -0.1) is 0 Å². The normalized spacial score (nSPS) is 11.9. The molecule has 22 heavy (non-hydrogen) atoms. The summed E-state index contributed by atoms with van der Waals surface area (Å²) in [5.74, 6) is 0.260. The summed E-state index contributed by atoms with van der Waals surface area (Å²) >= 11 is 4.10. The lowest BCUT2D eigenvalue weighted by atomic mass is 10.2. The fourth-order valence-electron chi connectivity index (χ4n) is 1.48. The predicted octanol–water partition coefficient (Wildman–Crippen LogP) is 4.46. The lowest BCUT2D eigenvalue weighted by molar-refractivity contribution is -0.137. The molecule has 0 aliphatic carbocycles. The molecule has 0 aliphatic heterocycles. The molecular weight excluding hydrogens is 525 g/mol. The zero-order chi connectivity index (χ0) is 16.3. The van der Waals surface area contributed by atoms with Crippen molar-refractivity contribution in [2.45, 2.75) is 6.18 Å². The van der Waals surface area contributed by atoms with Crippen LogP contribution in [0, 0.1) is 7.14 Å². The molecule has 0 radical (unpaired) electrons. The highest BCUT2D eigenvalue weighted by Crippen LogP contribution is 2.29. The van der Waals surface area contributed by atoms with Crippen molar-refractivity contribution in [2.75, 3.05) is 5.43 Å². The number of hydrogen-bond donors (Lipinski definition) is 2. The van der Waals surface area contributed by atoms with E-state index in [2.05, 4.69) is 38.1 Å². The molecule has 1 aromatic carbocycles. The Balaban J connectivity index is 2.10. The lowest BCUT2D eigenvalue weighted by Crippen LogP contribution is -2.05. The monoisotopic (exact) mass is 533 g/mol. The minimum absolute atomic E-state index is 0.0898. The van der Waals surface area contributed by atoms with Gasteiger partial charge in [-0.1, -0.05) is 0 Å². The summed E-state index contributed by atoms with van der Waals surface area (Å²) in [6, 6.07) is 5.62. The van der Waals surface area contributed by atoms with Crippen molar-refractivity contribution in [1.82, 2.24) is 4.98 Å². The van der Waals surface area contributed by atoms with Gasteiger partial charge < -0.3 is 5.11 Å². The number of nitrogens with zero attached hydrogens (tertiary/aromatic N) is 2. The van der Waals surface area contributed by atoms with Crippen molar-refractivity contribution in [2.24, 2.45) is 5.10 Å². The minimum atomic E-state index is -4.42. The molecule has 1 heterocycles. The molecule has 4 nitrogen and oxygen atoms in total. The summed E-state index contributed by atoms with van der Waals surface area (Å²) in [6.45, 7) is 0. The highest BCUT2D eigenvalue weighted by molar-refractivity contribution is 14.1. The molecule has 116 valence electrons. The van der Waals surface area contributed by atoms with Crippen molar-refractivity contribution in [3.63, 3.8) is 0 Å². The van der Waals surface area contributed by atoms with Gasteiger partial charge in [0.25, 0.3) is 0 Å². The Bertz CT molecular complexity index is 703. The van der Waals surface area contributed by atoms with Gasteiger partial charge in [0.05, 0.1) is 15.3 Å². The SMILES string of the molecule is Oc1c(I)cc(I)cc1/C=N\Nc1ccc(C(F)(F)F)cn1. The van der Waals surface area contributed by atoms with Gasteiger partial charge in [0.1, 0.15) is 11.6 Å². The van der Waals surface area contributed by atoms with Crippen LogP contribution in [0.3, 0.4) is 0 Å². The predicted molar refractivity (Wildman–Crippen MR) is 94.0 cm³/mol. The Morgan fingerprint density at radius 3 is 2.55 bits per heavy atom. The molecule has 0 atom stereocenters. The number of phenols is 1. The first kappa shape index (κ1) is 17.2. The fraction of sp³-hybridized carbons (Fsp3) is 0.0769. The van der Waals surface area contributed by atoms with E-state index in [4.69, 9.17) is 0 Å². The number of alkyl halides is 3. The van der Waals surface area contributed by atoms with Crippen LogP contribution in [0.5, 0.6) is 5.75 Å². The van der Waals surface area contributed by atoms with Gasteiger partial charge in [-0.25, -0.2) is 4.98 Å². The average Bonchev–Trinajstić information content (AvgIpc) is 2.43. The second-order valence-electron chi connectivity index (χ2n) is 4.13. The average molecular weight is 533 g/mol. The number of benzene rings is 1. The van der Waals surface area contributed by atoms with Crippen LogP contribution >= 0.6 is 45.2 Å². The Morgan fingerprint density at radius 2 is 1.95 bits per heavy atom. The number of phenolic OH excluding ortho intramolecular Hbond substituents is 1. The van der Waals surface area contributed by atoms with Crippen molar-refractivity contribution in [3.05, 3.63) is 48.7 Å². The number of aromatic hydroxyl groups is 1. The highest BCUT2D eigenvalue weighted by Gasteiger charge is 2.30. The molecule has 2 aromatic rings. The molecule has 2 rings (SSSR count).